The van der Waals surface area contributed by atoms with Gasteiger partial charge < -0.3 is 14.8 Å². The highest BCUT2D eigenvalue weighted by Crippen LogP contribution is 2.33. The highest BCUT2D eigenvalue weighted by Gasteiger charge is 2.36. The van der Waals surface area contributed by atoms with Gasteiger partial charge in [-0.1, -0.05) is 29.8 Å². The highest BCUT2D eigenvalue weighted by atomic mass is 32.2. The lowest BCUT2D eigenvalue weighted by Gasteiger charge is -2.13. The maximum absolute atomic E-state index is 12.7. The summed E-state index contributed by atoms with van der Waals surface area (Å²) >= 11 is 0.722. The maximum Gasteiger partial charge on any atom is 0.335 e. The number of anilines is 1. The number of hydrogen-bond acceptors (Lipinski definition) is 6. The zero-order valence-electron chi connectivity index (χ0n) is 18.3. The van der Waals surface area contributed by atoms with Gasteiger partial charge in [-0.15, -0.1) is 0 Å². The number of carbonyl (C=O) groups excluding carboxylic acids is 3. The van der Waals surface area contributed by atoms with Gasteiger partial charge >= 0.3 is 5.97 Å². The van der Waals surface area contributed by atoms with Gasteiger partial charge in [0.15, 0.2) is 0 Å². The van der Waals surface area contributed by atoms with Crippen LogP contribution in [0, 0.1) is 13.8 Å². The van der Waals surface area contributed by atoms with Crippen LogP contribution in [0.25, 0.3) is 17.4 Å². The van der Waals surface area contributed by atoms with Gasteiger partial charge in [0.25, 0.3) is 11.1 Å². The largest absolute Gasteiger partial charge is 0.478 e. The zero-order chi connectivity index (χ0) is 24.4. The number of nitrogens with one attached hydrogen (secondary N) is 1. The van der Waals surface area contributed by atoms with Crippen LogP contribution in [-0.2, 0) is 9.59 Å². The maximum atomic E-state index is 12.7. The molecule has 0 aliphatic carbocycles. The molecule has 1 aliphatic heterocycles. The summed E-state index contributed by atoms with van der Waals surface area (Å²) in [5.74, 6) is -1.38. The number of nitrogens with zero attached hydrogens (tertiary/aromatic N) is 1. The zero-order valence-corrected chi connectivity index (χ0v) is 19.1. The molecule has 1 fully saturated rings. The fourth-order valence-electron chi connectivity index (χ4n) is 3.44. The normalized spacial score (nSPS) is 14.6. The first-order valence-corrected chi connectivity index (χ1v) is 11.1. The number of benzene rings is 2. The second-order valence-electron chi connectivity index (χ2n) is 7.72. The number of furan rings is 1. The van der Waals surface area contributed by atoms with Crippen LogP contribution in [0.15, 0.2) is 63.9 Å². The van der Waals surface area contributed by atoms with Crippen LogP contribution in [0.2, 0.25) is 0 Å². The van der Waals surface area contributed by atoms with Crippen LogP contribution >= 0.6 is 11.8 Å². The summed E-state index contributed by atoms with van der Waals surface area (Å²) < 4.78 is 5.72. The molecule has 2 heterocycles. The van der Waals surface area contributed by atoms with E-state index in [1.165, 1.54) is 18.2 Å². The Morgan fingerprint density at radius 3 is 2.62 bits per heavy atom. The van der Waals surface area contributed by atoms with Crippen molar-refractivity contribution in [1.82, 2.24) is 4.90 Å². The molecule has 3 amide bonds. The van der Waals surface area contributed by atoms with Crippen molar-refractivity contribution in [2.45, 2.75) is 13.8 Å². The number of rotatable bonds is 6. The Morgan fingerprint density at radius 1 is 1.09 bits per heavy atom. The van der Waals surface area contributed by atoms with Crippen molar-refractivity contribution in [2.75, 3.05) is 11.9 Å². The van der Waals surface area contributed by atoms with E-state index in [9.17, 15) is 19.2 Å². The summed E-state index contributed by atoms with van der Waals surface area (Å²) in [5.41, 5.74) is 3.24. The Balaban J connectivity index is 1.46. The number of carboxylic acids is 1. The third kappa shape index (κ3) is 4.94. The summed E-state index contributed by atoms with van der Waals surface area (Å²) in [4.78, 5) is 49.8. The average Bonchev–Trinajstić information content (AvgIpc) is 3.36. The van der Waals surface area contributed by atoms with E-state index in [0.29, 0.717) is 22.8 Å². The van der Waals surface area contributed by atoms with Crippen LogP contribution in [0.1, 0.15) is 27.2 Å². The Hall–Kier alpha value is -4.11. The highest BCUT2D eigenvalue weighted by molar-refractivity contribution is 8.18. The van der Waals surface area contributed by atoms with E-state index < -0.39 is 29.6 Å². The lowest BCUT2D eigenvalue weighted by molar-refractivity contribution is -0.127. The van der Waals surface area contributed by atoms with Crippen molar-refractivity contribution < 1.29 is 28.7 Å². The van der Waals surface area contributed by atoms with Crippen LogP contribution in [0.3, 0.4) is 0 Å². The molecule has 2 aromatic carbocycles. The van der Waals surface area contributed by atoms with Crippen molar-refractivity contribution in [3.63, 3.8) is 0 Å². The molecule has 0 atom stereocenters. The number of amides is 3. The van der Waals surface area contributed by atoms with Crippen molar-refractivity contribution in [3.05, 3.63) is 82.0 Å². The molecule has 1 saturated heterocycles. The standard InChI is InChI=1S/C25H20N2O6S/c1-14-6-8-19(15(2)10-14)26-22(28)13-27-23(29)21(34-25(27)32)12-18-7-9-20(33-18)16-4-3-5-17(11-16)24(30)31/h3-12H,13H2,1-2H3,(H,26,28)(H,30,31)/b21-12+. The molecule has 0 saturated carbocycles. The van der Waals surface area contributed by atoms with Crippen LogP contribution < -0.4 is 5.32 Å². The van der Waals surface area contributed by atoms with Gasteiger partial charge in [-0.2, -0.15) is 0 Å². The summed E-state index contributed by atoms with van der Waals surface area (Å²) in [7, 11) is 0. The third-order valence-corrected chi connectivity index (χ3v) is 6.03. The van der Waals surface area contributed by atoms with E-state index in [4.69, 9.17) is 9.52 Å². The van der Waals surface area contributed by atoms with E-state index in [1.807, 2.05) is 26.0 Å². The molecule has 1 aromatic heterocycles. The topological polar surface area (TPSA) is 117 Å². The second-order valence-corrected chi connectivity index (χ2v) is 8.72. The predicted molar refractivity (Wildman–Crippen MR) is 128 cm³/mol. The summed E-state index contributed by atoms with van der Waals surface area (Å²) in [6.45, 7) is 3.40. The van der Waals surface area contributed by atoms with E-state index in [1.54, 1.807) is 30.3 Å². The molecule has 1 aliphatic rings. The van der Waals surface area contributed by atoms with E-state index >= 15 is 0 Å². The molecule has 34 heavy (non-hydrogen) atoms. The molecule has 3 aromatic rings. The minimum absolute atomic E-state index is 0.121. The van der Waals surface area contributed by atoms with Crippen LogP contribution in [-0.4, -0.2) is 39.6 Å². The van der Waals surface area contributed by atoms with Gasteiger partial charge in [-0.3, -0.25) is 19.3 Å². The van der Waals surface area contributed by atoms with E-state index in [2.05, 4.69) is 5.32 Å². The SMILES string of the molecule is Cc1ccc(NC(=O)CN2C(=O)S/C(=C/c3ccc(-c4cccc(C(=O)O)c4)o3)C2=O)c(C)c1. The predicted octanol–water partition coefficient (Wildman–Crippen LogP) is 4.94. The number of thioether (sulfide) groups is 1. The summed E-state index contributed by atoms with van der Waals surface area (Å²) in [5, 5.41) is 11.3. The summed E-state index contributed by atoms with van der Waals surface area (Å²) in [6, 6.07) is 15.1. The van der Waals surface area contributed by atoms with Gasteiger partial charge in [0, 0.05) is 17.3 Å². The van der Waals surface area contributed by atoms with Gasteiger partial charge in [0.1, 0.15) is 18.1 Å². The first-order chi connectivity index (χ1) is 16.2. The minimum atomic E-state index is -1.05. The molecule has 0 unspecified atom stereocenters. The Kier molecular flexibility index (Phi) is 6.38. The number of carbonyl (C=O) groups is 4. The molecule has 2 N–H and O–H groups in total. The van der Waals surface area contributed by atoms with Gasteiger partial charge in [-0.25, -0.2) is 4.79 Å². The molecule has 0 radical (unpaired) electrons. The Morgan fingerprint density at radius 2 is 1.88 bits per heavy atom. The quantitative estimate of drug-likeness (QED) is 0.484. The second kappa shape index (κ2) is 9.40. The molecule has 9 heteroatoms. The van der Waals surface area contributed by atoms with Crippen LogP contribution in [0.5, 0.6) is 0 Å². The Labute approximate surface area is 199 Å². The molecule has 8 nitrogen and oxygen atoms in total. The van der Waals surface area contributed by atoms with E-state index in [0.717, 1.165) is 27.8 Å². The van der Waals surface area contributed by atoms with Crippen LogP contribution in [0.4, 0.5) is 10.5 Å². The number of hydrogen-bond donors (Lipinski definition) is 2. The van der Waals surface area contributed by atoms with Crippen molar-refractivity contribution >= 4 is 46.5 Å². The molecule has 4 rings (SSSR count). The number of imide groups is 1. The molecule has 172 valence electrons. The molecule has 0 spiro atoms. The lowest BCUT2D eigenvalue weighted by Crippen LogP contribution is -2.36. The average molecular weight is 477 g/mol. The van der Waals surface area contributed by atoms with Crippen molar-refractivity contribution in [1.29, 1.82) is 0 Å². The summed E-state index contributed by atoms with van der Waals surface area (Å²) in [6.07, 6.45) is 1.43. The fourth-order valence-corrected chi connectivity index (χ4v) is 4.26. The van der Waals surface area contributed by atoms with E-state index in [-0.39, 0.29) is 10.5 Å². The lowest BCUT2D eigenvalue weighted by atomic mass is 10.1. The number of aryl methyl sites for hydroxylation is 2. The minimum Gasteiger partial charge on any atom is -0.478 e. The molecular weight excluding hydrogens is 456 g/mol. The first kappa shape index (κ1) is 23.1. The number of carboxylic acid groups (broad SMARTS) is 1. The molecule has 0 bridgehead atoms. The third-order valence-electron chi connectivity index (χ3n) is 5.13. The Bertz CT molecular complexity index is 1360. The monoisotopic (exact) mass is 476 g/mol. The fraction of sp³-hybridized carbons (Fsp3) is 0.120. The molecular formula is C25H20N2O6S. The van der Waals surface area contributed by atoms with Crippen molar-refractivity contribution in [2.24, 2.45) is 0 Å². The number of aromatic carboxylic acids is 1. The first-order valence-electron chi connectivity index (χ1n) is 10.3. The van der Waals surface area contributed by atoms with Gasteiger partial charge in [0.2, 0.25) is 5.91 Å². The van der Waals surface area contributed by atoms with Crippen molar-refractivity contribution in [3.8, 4) is 11.3 Å². The van der Waals surface area contributed by atoms with Gasteiger partial charge in [0.05, 0.1) is 10.5 Å². The van der Waals surface area contributed by atoms with Gasteiger partial charge in [-0.05, 0) is 61.5 Å². The smallest absolute Gasteiger partial charge is 0.335 e.